The molecule has 0 saturated heterocycles. The third kappa shape index (κ3) is 5.00. The van der Waals surface area contributed by atoms with Crippen molar-refractivity contribution in [2.75, 3.05) is 6.61 Å². The van der Waals surface area contributed by atoms with E-state index in [0.29, 0.717) is 0 Å². The van der Waals surface area contributed by atoms with E-state index in [1.54, 1.807) is 6.92 Å². The first kappa shape index (κ1) is 23.8. The number of alkyl halides is 5. The lowest BCUT2D eigenvalue weighted by molar-refractivity contribution is -0.211. The summed E-state index contributed by atoms with van der Waals surface area (Å²) in [5.74, 6) is -1.27. The van der Waals surface area contributed by atoms with Gasteiger partial charge in [-0.25, -0.2) is 4.79 Å². The molecule has 0 unspecified atom stereocenters. The fourth-order valence-electron chi connectivity index (χ4n) is 2.62. The van der Waals surface area contributed by atoms with Gasteiger partial charge in [0.1, 0.15) is 10.8 Å². The maximum atomic E-state index is 13.2. The van der Waals surface area contributed by atoms with Crippen molar-refractivity contribution in [2.45, 2.75) is 40.0 Å². The summed E-state index contributed by atoms with van der Waals surface area (Å²) >= 11 is 6.21. The van der Waals surface area contributed by atoms with Gasteiger partial charge in [0.05, 0.1) is 23.3 Å². The van der Waals surface area contributed by atoms with Gasteiger partial charge < -0.3 is 9.47 Å². The second-order valence-electron chi connectivity index (χ2n) is 6.96. The minimum absolute atomic E-state index is 0.0181. The third-order valence-corrected chi connectivity index (χ3v) is 4.60. The van der Waals surface area contributed by atoms with Gasteiger partial charge in [0.15, 0.2) is 5.69 Å². The van der Waals surface area contributed by atoms with Crippen LogP contribution in [0.5, 0.6) is 5.75 Å². The number of hydrogen-bond acceptors (Lipinski definition) is 5. The maximum Gasteiger partial charge on any atom is 0.394 e. The van der Waals surface area contributed by atoms with Crippen molar-refractivity contribution in [2.24, 2.45) is 12.5 Å². The van der Waals surface area contributed by atoms with Gasteiger partial charge in [-0.3, -0.25) is 9.67 Å². The zero-order valence-corrected chi connectivity index (χ0v) is 17.2. The predicted molar refractivity (Wildman–Crippen MR) is 97.6 cm³/mol. The van der Waals surface area contributed by atoms with Crippen LogP contribution in [0.25, 0.3) is 11.3 Å². The summed E-state index contributed by atoms with van der Waals surface area (Å²) in [7, 11) is 1.40. The molecule has 0 aliphatic rings. The maximum absolute atomic E-state index is 13.2. The van der Waals surface area contributed by atoms with E-state index in [1.807, 2.05) is 0 Å². The lowest BCUT2D eigenvalue weighted by Gasteiger charge is -2.27. The van der Waals surface area contributed by atoms with Crippen molar-refractivity contribution in [1.82, 2.24) is 14.8 Å². The number of halogens is 6. The number of ether oxygens (including phenoxy) is 2. The SMILES string of the molecule is CCOC(=O)c1nn(C)c(-c2cnc(CC(C)(C)C(F)(F)F)cc2OC(F)F)c1Cl. The molecule has 166 valence electrons. The van der Waals surface area contributed by atoms with Crippen LogP contribution >= 0.6 is 11.6 Å². The fraction of sp³-hybridized carbons (Fsp3) is 0.500. The predicted octanol–water partition coefficient (Wildman–Crippen LogP) is 5.04. The summed E-state index contributed by atoms with van der Waals surface area (Å²) in [6, 6.07) is 0.988. The smallest absolute Gasteiger partial charge is 0.394 e. The monoisotopic (exact) mass is 455 g/mol. The molecule has 2 heterocycles. The van der Waals surface area contributed by atoms with Gasteiger partial charge in [0.25, 0.3) is 0 Å². The van der Waals surface area contributed by atoms with Crippen LogP contribution in [0.15, 0.2) is 12.3 Å². The summed E-state index contributed by atoms with van der Waals surface area (Å²) in [5, 5.41) is 3.74. The van der Waals surface area contributed by atoms with Crippen molar-refractivity contribution < 1.29 is 36.2 Å². The number of rotatable bonds is 7. The summed E-state index contributed by atoms with van der Waals surface area (Å²) in [4.78, 5) is 15.9. The molecule has 0 amide bonds. The van der Waals surface area contributed by atoms with E-state index in [1.165, 1.54) is 7.05 Å². The quantitative estimate of drug-likeness (QED) is 0.432. The minimum atomic E-state index is -4.53. The van der Waals surface area contributed by atoms with Gasteiger partial charge in [-0.1, -0.05) is 25.4 Å². The molecule has 0 aliphatic carbocycles. The van der Waals surface area contributed by atoms with Crippen LogP contribution in [-0.2, 0) is 18.2 Å². The number of hydrogen-bond donors (Lipinski definition) is 0. The van der Waals surface area contributed by atoms with Crippen LogP contribution in [0.4, 0.5) is 22.0 Å². The Kier molecular flexibility index (Phi) is 6.95. The normalized spacial score (nSPS) is 12.4. The Bertz CT molecular complexity index is 929. The Balaban J connectivity index is 2.55. The molecule has 0 bridgehead atoms. The number of aryl methyl sites for hydroxylation is 1. The van der Waals surface area contributed by atoms with Gasteiger partial charge in [-0.2, -0.15) is 27.1 Å². The number of esters is 1. The summed E-state index contributed by atoms with van der Waals surface area (Å²) in [6.45, 7) is 0.326. The van der Waals surface area contributed by atoms with Crippen molar-refractivity contribution in [3.8, 4) is 17.0 Å². The highest BCUT2D eigenvalue weighted by Crippen LogP contribution is 2.42. The molecule has 2 aromatic rings. The average molecular weight is 456 g/mol. The molecule has 0 radical (unpaired) electrons. The van der Waals surface area contributed by atoms with E-state index < -0.39 is 36.3 Å². The second kappa shape index (κ2) is 8.75. The highest BCUT2D eigenvalue weighted by Gasteiger charge is 2.47. The van der Waals surface area contributed by atoms with Crippen molar-refractivity contribution >= 4 is 17.6 Å². The first-order valence-electron chi connectivity index (χ1n) is 8.69. The molecule has 0 spiro atoms. The number of carbonyl (C=O) groups excluding carboxylic acids is 1. The van der Waals surface area contributed by atoms with Gasteiger partial charge in [-0.15, -0.1) is 0 Å². The number of aromatic nitrogens is 3. The van der Waals surface area contributed by atoms with E-state index in [0.717, 1.165) is 30.8 Å². The number of pyridine rings is 1. The van der Waals surface area contributed by atoms with Gasteiger partial charge in [0, 0.05) is 31.4 Å². The van der Waals surface area contributed by atoms with Crippen LogP contribution in [0.3, 0.4) is 0 Å². The highest BCUT2D eigenvalue weighted by atomic mass is 35.5. The molecule has 12 heteroatoms. The lowest BCUT2D eigenvalue weighted by Crippen LogP contribution is -2.34. The fourth-order valence-corrected chi connectivity index (χ4v) is 2.96. The molecule has 0 N–H and O–H groups in total. The van der Waals surface area contributed by atoms with Crippen LogP contribution in [0, 0.1) is 5.41 Å². The largest absolute Gasteiger partial charge is 0.461 e. The van der Waals surface area contributed by atoms with Crippen molar-refractivity contribution in [3.63, 3.8) is 0 Å². The van der Waals surface area contributed by atoms with Crippen LogP contribution < -0.4 is 4.74 Å². The first-order chi connectivity index (χ1) is 13.8. The topological polar surface area (TPSA) is 66.2 Å². The number of carbonyl (C=O) groups is 1. The summed E-state index contributed by atoms with van der Waals surface area (Å²) in [6.07, 6.45) is -4.04. The minimum Gasteiger partial charge on any atom is -0.461 e. The molecule has 6 nitrogen and oxygen atoms in total. The molecular weight excluding hydrogens is 437 g/mol. The molecule has 0 aliphatic heterocycles. The Labute approximate surface area is 173 Å². The molecule has 0 saturated carbocycles. The van der Waals surface area contributed by atoms with Crippen LogP contribution in [0.1, 0.15) is 37.0 Å². The van der Waals surface area contributed by atoms with Gasteiger partial charge >= 0.3 is 18.8 Å². The van der Waals surface area contributed by atoms with E-state index in [4.69, 9.17) is 16.3 Å². The molecular formula is C18H19ClF5N3O3. The third-order valence-electron chi connectivity index (χ3n) is 4.24. The Morgan fingerprint density at radius 1 is 1.30 bits per heavy atom. The van der Waals surface area contributed by atoms with E-state index in [-0.39, 0.29) is 34.3 Å². The molecule has 2 aromatic heterocycles. The zero-order chi connectivity index (χ0) is 22.9. The van der Waals surface area contributed by atoms with Crippen LogP contribution in [-0.4, -0.2) is 40.1 Å². The average Bonchev–Trinajstić information content (AvgIpc) is 2.88. The van der Waals surface area contributed by atoms with E-state index in [9.17, 15) is 26.7 Å². The van der Waals surface area contributed by atoms with E-state index in [2.05, 4.69) is 14.8 Å². The van der Waals surface area contributed by atoms with Crippen molar-refractivity contribution in [1.29, 1.82) is 0 Å². The van der Waals surface area contributed by atoms with Crippen LogP contribution in [0.2, 0.25) is 5.02 Å². The molecule has 0 aromatic carbocycles. The molecule has 0 fully saturated rings. The summed E-state index contributed by atoms with van der Waals surface area (Å²) in [5.41, 5.74) is -2.56. The summed E-state index contributed by atoms with van der Waals surface area (Å²) < 4.78 is 75.9. The Hall–Kier alpha value is -2.43. The van der Waals surface area contributed by atoms with Gasteiger partial charge in [0.2, 0.25) is 0 Å². The molecule has 2 rings (SSSR count). The highest BCUT2D eigenvalue weighted by molar-refractivity contribution is 6.35. The first-order valence-corrected chi connectivity index (χ1v) is 9.06. The Morgan fingerprint density at radius 3 is 2.47 bits per heavy atom. The standard InChI is InChI=1S/C18H19ClF5N3O3/c1-5-29-15(28)13-12(19)14(27(4)26-13)10-8-25-9(6-11(10)30-16(20)21)7-17(2,3)18(22,23)24/h6,8,16H,5,7H2,1-4H3. The Morgan fingerprint density at radius 2 is 1.93 bits per heavy atom. The molecule has 30 heavy (non-hydrogen) atoms. The number of nitrogens with zero attached hydrogens (tertiary/aromatic N) is 3. The van der Waals surface area contributed by atoms with Gasteiger partial charge in [-0.05, 0) is 6.92 Å². The second-order valence-corrected chi connectivity index (χ2v) is 7.34. The molecule has 0 atom stereocenters. The zero-order valence-electron chi connectivity index (χ0n) is 16.5. The van der Waals surface area contributed by atoms with E-state index >= 15 is 0 Å². The lowest BCUT2D eigenvalue weighted by atomic mass is 9.86. The van der Waals surface area contributed by atoms with Crippen molar-refractivity contribution in [3.05, 3.63) is 28.7 Å².